The minimum Gasteiger partial charge on any atom is -0.289 e. The zero-order valence-electron chi connectivity index (χ0n) is 9.67. The molecule has 0 aliphatic rings. The number of hydrogen-bond donors (Lipinski definition) is 0. The minimum atomic E-state index is 0.146. The number of ketones is 1. The van der Waals surface area contributed by atoms with E-state index >= 15 is 0 Å². The molecule has 0 N–H and O–H groups in total. The molecule has 2 heteroatoms. The fraction of sp³-hybridized carbons (Fsp3) is 0.462. The fourth-order valence-corrected chi connectivity index (χ4v) is 2.41. The second kappa shape index (κ2) is 5.86. The molecule has 15 heavy (non-hydrogen) atoms. The molecule has 0 aliphatic carbocycles. The van der Waals surface area contributed by atoms with Crippen molar-refractivity contribution < 1.29 is 4.79 Å². The second-order valence-electron chi connectivity index (χ2n) is 3.74. The van der Waals surface area contributed by atoms with Crippen molar-refractivity contribution in [1.82, 2.24) is 0 Å². The molecular formula is C13H18OS. The second-order valence-corrected chi connectivity index (χ2v) is 5.20. The highest BCUT2D eigenvalue weighted by Gasteiger charge is 2.08. The number of carbonyl (C=O) groups is 1. The highest BCUT2D eigenvalue weighted by Crippen LogP contribution is 2.21. The van der Waals surface area contributed by atoms with Crippen LogP contribution in [-0.2, 0) is 0 Å². The van der Waals surface area contributed by atoms with Gasteiger partial charge in [-0.15, -0.1) is 11.3 Å². The Morgan fingerprint density at radius 1 is 1.47 bits per heavy atom. The molecule has 0 bridgehead atoms. The molecule has 1 heterocycles. The van der Waals surface area contributed by atoms with E-state index in [-0.39, 0.29) is 5.78 Å². The lowest BCUT2D eigenvalue weighted by atomic mass is 10.1. The lowest BCUT2D eigenvalue weighted by molar-refractivity contribution is 0.104. The van der Waals surface area contributed by atoms with Gasteiger partial charge >= 0.3 is 0 Å². The van der Waals surface area contributed by atoms with Gasteiger partial charge in [0, 0.05) is 15.3 Å². The van der Waals surface area contributed by atoms with Gasteiger partial charge in [-0.2, -0.15) is 0 Å². The van der Waals surface area contributed by atoms with Gasteiger partial charge in [0.1, 0.15) is 0 Å². The Hall–Kier alpha value is -0.890. The van der Waals surface area contributed by atoms with Gasteiger partial charge < -0.3 is 0 Å². The third-order valence-electron chi connectivity index (χ3n) is 2.30. The quantitative estimate of drug-likeness (QED) is 0.412. The van der Waals surface area contributed by atoms with Crippen molar-refractivity contribution in [3.05, 3.63) is 33.5 Å². The van der Waals surface area contributed by atoms with Gasteiger partial charge in [-0.1, -0.05) is 25.8 Å². The molecule has 82 valence electrons. The zero-order chi connectivity index (χ0) is 11.3. The summed E-state index contributed by atoms with van der Waals surface area (Å²) in [6, 6.07) is 1.98. The molecule has 0 spiro atoms. The summed E-state index contributed by atoms with van der Waals surface area (Å²) >= 11 is 1.69. The molecule has 1 aromatic heterocycles. The molecule has 0 amide bonds. The number of thiophene rings is 1. The van der Waals surface area contributed by atoms with Crippen LogP contribution in [0.1, 0.15) is 46.3 Å². The monoisotopic (exact) mass is 222 g/mol. The minimum absolute atomic E-state index is 0.146. The van der Waals surface area contributed by atoms with Gasteiger partial charge in [0.2, 0.25) is 0 Å². The molecule has 0 saturated heterocycles. The van der Waals surface area contributed by atoms with Crippen molar-refractivity contribution in [2.75, 3.05) is 0 Å². The highest BCUT2D eigenvalue weighted by atomic mass is 32.1. The van der Waals surface area contributed by atoms with Crippen molar-refractivity contribution in [3.63, 3.8) is 0 Å². The number of unbranched alkanes of at least 4 members (excludes halogenated alkanes) is 2. The Kier molecular flexibility index (Phi) is 4.76. The maximum absolute atomic E-state index is 11.8. The Labute approximate surface area is 95.8 Å². The summed E-state index contributed by atoms with van der Waals surface area (Å²) in [5.41, 5.74) is 0.866. The Morgan fingerprint density at radius 2 is 2.20 bits per heavy atom. The van der Waals surface area contributed by atoms with Crippen molar-refractivity contribution in [2.24, 2.45) is 0 Å². The third kappa shape index (κ3) is 3.63. The van der Waals surface area contributed by atoms with Crippen LogP contribution in [0.2, 0.25) is 0 Å². The van der Waals surface area contributed by atoms with Crippen LogP contribution in [0.3, 0.4) is 0 Å². The van der Waals surface area contributed by atoms with E-state index in [1.807, 2.05) is 26.0 Å². The first-order valence-electron chi connectivity index (χ1n) is 5.43. The zero-order valence-corrected chi connectivity index (χ0v) is 10.5. The lowest BCUT2D eigenvalue weighted by Crippen LogP contribution is -1.93. The van der Waals surface area contributed by atoms with Gasteiger partial charge in [-0.05, 0) is 32.4 Å². The molecule has 1 aromatic rings. The van der Waals surface area contributed by atoms with Crippen molar-refractivity contribution in [1.29, 1.82) is 0 Å². The van der Waals surface area contributed by atoms with E-state index in [1.54, 1.807) is 17.4 Å². The van der Waals surface area contributed by atoms with Crippen molar-refractivity contribution in [3.8, 4) is 0 Å². The van der Waals surface area contributed by atoms with Crippen LogP contribution in [0, 0.1) is 13.8 Å². The molecule has 0 saturated carbocycles. The average Bonchev–Trinajstić information content (AvgIpc) is 2.52. The van der Waals surface area contributed by atoms with Crippen LogP contribution in [-0.4, -0.2) is 5.78 Å². The van der Waals surface area contributed by atoms with Crippen LogP contribution in [0.5, 0.6) is 0 Å². The van der Waals surface area contributed by atoms with Crippen LogP contribution >= 0.6 is 11.3 Å². The smallest absolute Gasteiger partial charge is 0.186 e. The van der Waals surface area contributed by atoms with Crippen molar-refractivity contribution in [2.45, 2.75) is 40.0 Å². The number of carbonyl (C=O) groups excluding carboxylic acids is 1. The lowest BCUT2D eigenvalue weighted by Gasteiger charge is -1.92. The maximum atomic E-state index is 11.8. The highest BCUT2D eigenvalue weighted by molar-refractivity contribution is 7.12. The standard InChI is InChI=1S/C13H18OS/c1-4-5-6-7-8-13(14)12-9-10(2)15-11(12)3/h7-9H,4-6H2,1-3H3/b8-7+. The first-order valence-corrected chi connectivity index (χ1v) is 6.24. The van der Waals surface area contributed by atoms with E-state index in [9.17, 15) is 4.79 Å². The third-order valence-corrected chi connectivity index (χ3v) is 3.27. The maximum Gasteiger partial charge on any atom is 0.186 e. The molecule has 0 fully saturated rings. The molecule has 0 radical (unpaired) electrons. The van der Waals surface area contributed by atoms with Gasteiger partial charge in [-0.25, -0.2) is 0 Å². The molecule has 1 rings (SSSR count). The Bertz CT molecular complexity index is 361. The predicted octanol–water partition coefficient (Wildman–Crippen LogP) is 4.29. The van der Waals surface area contributed by atoms with Crippen LogP contribution in [0.4, 0.5) is 0 Å². The summed E-state index contributed by atoms with van der Waals surface area (Å²) in [7, 11) is 0. The molecule has 0 unspecified atom stereocenters. The van der Waals surface area contributed by atoms with Crippen molar-refractivity contribution >= 4 is 17.1 Å². The predicted molar refractivity (Wildman–Crippen MR) is 66.8 cm³/mol. The molecule has 0 atom stereocenters. The topological polar surface area (TPSA) is 17.1 Å². The summed E-state index contributed by atoms with van der Waals surface area (Å²) in [5, 5.41) is 0. The fourth-order valence-electron chi connectivity index (χ4n) is 1.48. The van der Waals surface area contributed by atoms with Gasteiger partial charge in [0.25, 0.3) is 0 Å². The normalized spacial score (nSPS) is 11.1. The van der Waals surface area contributed by atoms with E-state index in [1.165, 1.54) is 11.3 Å². The summed E-state index contributed by atoms with van der Waals surface area (Å²) in [6.45, 7) is 6.20. The first kappa shape index (κ1) is 12.2. The van der Waals surface area contributed by atoms with Crippen LogP contribution in [0.15, 0.2) is 18.2 Å². The number of rotatable bonds is 5. The van der Waals surface area contributed by atoms with E-state index in [2.05, 4.69) is 6.92 Å². The average molecular weight is 222 g/mol. The van der Waals surface area contributed by atoms with Gasteiger partial charge in [0.15, 0.2) is 5.78 Å². The largest absolute Gasteiger partial charge is 0.289 e. The molecule has 1 nitrogen and oxygen atoms in total. The molecular weight excluding hydrogens is 204 g/mol. The van der Waals surface area contributed by atoms with E-state index in [0.717, 1.165) is 23.3 Å². The summed E-state index contributed by atoms with van der Waals surface area (Å²) in [4.78, 5) is 14.1. The van der Waals surface area contributed by atoms with Gasteiger partial charge in [-0.3, -0.25) is 4.79 Å². The van der Waals surface area contributed by atoms with E-state index in [0.29, 0.717) is 0 Å². The van der Waals surface area contributed by atoms with Crippen LogP contribution < -0.4 is 0 Å². The Morgan fingerprint density at radius 3 is 2.73 bits per heavy atom. The first-order chi connectivity index (χ1) is 7.15. The number of aryl methyl sites for hydroxylation is 2. The molecule has 0 aromatic carbocycles. The van der Waals surface area contributed by atoms with Crippen LogP contribution in [0.25, 0.3) is 0 Å². The Balaban J connectivity index is 2.61. The molecule has 0 aliphatic heterocycles. The summed E-state index contributed by atoms with van der Waals surface area (Å²) in [6.07, 6.45) is 7.04. The van der Waals surface area contributed by atoms with E-state index in [4.69, 9.17) is 0 Å². The van der Waals surface area contributed by atoms with E-state index < -0.39 is 0 Å². The summed E-state index contributed by atoms with van der Waals surface area (Å²) < 4.78 is 0. The SMILES string of the molecule is CCCC/C=C/C(=O)c1cc(C)sc1C. The summed E-state index contributed by atoms with van der Waals surface area (Å²) in [5.74, 6) is 0.146. The van der Waals surface area contributed by atoms with Gasteiger partial charge in [0.05, 0.1) is 0 Å². The number of allylic oxidation sites excluding steroid dienone is 2. The number of hydrogen-bond acceptors (Lipinski definition) is 2.